The topological polar surface area (TPSA) is 58.4 Å². The number of halogens is 1. The van der Waals surface area contributed by atoms with Crippen LogP contribution in [0.3, 0.4) is 0 Å². The van der Waals surface area contributed by atoms with Gasteiger partial charge in [-0.25, -0.2) is 9.66 Å². The fourth-order valence-electron chi connectivity index (χ4n) is 1.62. The van der Waals surface area contributed by atoms with E-state index >= 15 is 0 Å². The lowest BCUT2D eigenvalue weighted by Gasteiger charge is -2.17. The third-order valence-corrected chi connectivity index (χ3v) is 3.87. The van der Waals surface area contributed by atoms with Crippen molar-refractivity contribution in [2.24, 2.45) is 0 Å². The van der Waals surface area contributed by atoms with Crippen molar-refractivity contribution in [3.63, 3.8) is 0 Å². The highest BCUT2D eigenvalue weighted by molar-refractivity contribution is 14.1. The monoisotopic (exact) mass is 377 g/mol. The van der Waals surface area contributed by atoms with Crippen molar-refractivity contribution in [3.8, 4) is 0 Å². The van der Waals surface area contributed by atoms with Gasteiger partial charge in [0.05, 0.1) is 16.8 Å². The summed E-state index contributed by atoms with van der Waals surface area (Å²) in [5.41, 5.74) is 1.86. The number of fused-ring (bicyclic) bond motifs is 1. The Morgan fingerprint density at radius 3 is 2.89 bits per heavy atom. The van der Waals surface area contributed by atoms with Gasteiger partial charge in [0.25, 0.3) is 0 Å². The van der Waals surface area contributed by atoms with Crippen molar-refractivity contribution in [2.75, 3.05) is 24.9 Å². The van der Waals surface area contributed by atoms with Gasteiger partial charge in [-0.05, 0) is 40.8 Å². The highest BCUT2D eigenvalue weighted by Gasteiger charge is 2.14. The van der Waals surface area contributed by atoms with E-state index in [9.17, 15) is 4.79 Å². The molecule has 0 atom stereocenters. The zero-order chi connectivity index (χ0) is 13.3. The second-order valence-electron chi connectivity index (χ2n) is 3.87. The van der Waals surface area contributed by atoms with E-state index in [4.69, 9.17) is 5.11 Å². The van der Waals surface area contributed by atoms with Gasteiger partial charge in [-0.1, -0.05) is 11.8 Å². The normalized spacial score (nSPS) is 10.8. The Kier molecular flexibility index (Phi) is 4.00. The number of hydrogen-bond acceptors (Lipinski definition) is 4. The number of aromatic nitrogens is 2. The average Bonchev–Trinajstić information content (AvgIpc) is 2.63. The minimum Gasteiger partial charge on any atom is -0.481 e. The SMILES string of the molecule is CN(C)n1c(SCC(=O)O)nc2cc(I)ccc21. The van der Waals surface area contributed by atoms with Gasteiger partial charge in [0.1, 0.15) is 0 Å². The number of carboxylic acids is 1. The molecule has 0 bridgehead atoms. The van der Waals surface area contributed by atoms with Gasteiger partial charge >= 0.3 is 5.97 Å². The molecular formula is C11H12IN3O2S. The number of benzene rings is 1. The zero-order valence-electron chi connectivity index (χ0n) is 9.92. The number of rotatable bonds is 4. The molecule has 0 aliphatic heterocycles. The van der Waals surface area contributed by atoms with E-state index < -0.39 is 5.97 Å². The van der Waals surface area contributed by atoms with Crippen molar-refractivity contribution >= 4 is 51.4 Å². The van der Waals surface area contributed by atoms with Gasteiger partial charge in [-0.2, -0.15) is 0 Å². The van der Waals surface area contributed by atoms with Crippen molar-refractivity contribution in [1.29, 1.82) is 0 Å². The summed E-state index contributed by atoms with van der Waals surface area (Å²) in [6.45, 7) is 0. The predicted molar refractivity (Wildman–Crippen MR) is 80.9 cm³/mol. The average molecular weight is 377 g/mol. The molecule has 0 amide bonds. The minimum absolute atomic E-state index is 0.00819. The highest BCUT2D eigenvalue weighted by Crippen LogP contribution is 2.25. The van der Waals surface area contributed by atoms with Crippen molar-refractivity contribution in [1.82, 2.24) is 9.66 Å². The van der Waals surface area contributed by atoms with E-state index in [1.165, 1.54) is 11.8 Å². The summed E-state index contributed by atoms with van der Waals surface area (Å²) < 4.78 is 3.03. The molecule has 0 fully saturated rings. The minimum atomic E-state index is -0.841. The molecule has 0 spiro atoms. The number of imidazole rings is 1. The summed E-state index contributed by atoms with van der Waals surface area (Å²) in [5, 5.41) is 11.3. The third-order valence-electron chi connectivity index (χ3n) is 2.29. The van der Waals surface area contributed by atoms with Gasteiger partial charge in [-0.15, -0.1) is 0 Å². The van der Waals surface area contributed by atoms with Crippen LogP contribution in [0.15, 0.2) is 23.4 Å². The molecule has 2 aromatic rings. The van der Waals surface area contributed by atoms with Crippen LogP contribution in [-0.4, -0.2) is 40.6 Å². The molecule has 2 rings (SSSR count). The Bertz CT molecular complexity index is 597. The van der Waals surface area contributed by atoms with E-state index in [1.807, 2.05) is 42.0 Å². The third kappa shape index (κ3) is 2.72. The van der Waals surface area contributed by atoms with Crippen LogP contribution in [0.5, 0.6) is 0 Å². The molecule has 5 nitrogen and oxygen atoms in total. The number of carboxylic acid groups (broad SMARTS) is 1. The first-order chi connectivity index (χ1) is 8.49. The highest BCUT2D eigenvalue weighted by atomic mass is 127. The largest absolute Gasteiger partial charge is 0.481 e. The molecular weight excluding hydrogens is 365 g/mol. The second-order valence-corrected chi connectivity index (χ2v) is 6.06. The Hall–Kier alpha value is -0.960. The van der Waals surface area contributed by atoms with Gasteiger partial charge in [0.2, 0.25) is 0 Å². The molecule has 0 unspecified atom stereocenters. The number of carbonyl (C=O) groups is 1. The molecule has 18 heavy (non-hydrogen) atoms. The molecule has 0 radical (unpaired) electrons. The molecule has 1 N–H and O–H groups in total. The molecule has 0 aliphatic carbocycles. The smallest absolute Gasteiger partial charge is 0.313 e. The van der Waals surface area contributed by atoms with Gasteiger partial charge in [0.15, 0.2) is 5.16 Å². The fourth-order valence-corrected chi connectivity index (χ4v) is 2.90. The quantitative estimate of drug-likeness (QED) is 0.653. The van der Waals surface area contributed by atoms with Crippen molar-refractivity contribution in [2.45, 2.75) is 5.16 Å². The second kappa shape index (κ2) is 5.35. The molecule has 96 valence electrons. The Morgan fingerprint density at radius 1 is 1.56 bits per heavy atom. The number of thioether (sulfide) groups is 1. The van der Waals surface area contributed by atoms with Crippen LogP contribution in [0.4, 0.5) is 0 Å². The maximum Gasteiger partial charge on any atom is 0.313 e. The van der Waals surface area contributed by atoms with Crippen LogP contribution in [0, 0.1) is 3.57 Å². The van der Waals surface area contributed by atoms with E-state index in [0.717, 1.165) is 14.6 Å². The van der Waals surface area contributed by atoms with Gasteiger partial charge in [-0.3, -0.25) is 4.79 Å². The van der Waals surface area contributed by atoms with E-state index in [-0.39, 0.29) is 5.75 Å². The number of hydrogen-bond donors (Lipinski definition) is 1. The van der Waals surface area contributed by atoms with Crippen LogP contribution < -0.4 is 5.01 Å². The molecule has 0 saturated carbocycles. The van der Waals surface area contributed by atoms with E-state index in [2.05, 4.69) is 27.6 Å². The molecule has 1 aromatic carbocycles. The first-order valence-electron chi connectivity index (χ1n) is 5.19. The first-order valence-corrected chi connectivity index (χ1v) is 7.25. The van der Waals surface area contributed by atoms with Gasteiger partial charge in [0, 0.05) is 17.7 Å². The van der Waals surface area contributed by atoms with E-state index in [0.29, 0.717) is 5.16 Å². The zero-order valence-corrected chi connectivity index (χ0v) is 12.9. The molecule has 7 heteroatoms. The summed E-state index contributed by atoms with van der Waals surface area (Å²) in [6, 6.07) is 5.99. The predicted octanol–water partition coefficient (Wildman–Crippen LogP) is 2.02. The standard InChI is InChI=1S/C11H12IN3O2S/c1-14(2)15-9-4-3-7(12)5-8(9)13-11(15)18-6-10(16)17/h3-5H,6H2,1-2H3,(H,16,17). The van der Waals surface area contributed by atoms with Crippen LogP contribution in [0.1, 0.15) is 0 Å². The van der Waals surface area contributed by atoms with Crippen LogP contribution in [0.25, 0.3) is 11.0 Å². The van der Waals surface area contributed by atoms with Crippen LogP contribution >= 0.6 is 34.4 Å². The van der Waals surface area contributed by atoms with E-state index in [1.54, 1.807) is 0 Å². The molecule has 1 heterocycles. The number of nitrogens with zero attached hydrogens (tertiary/aromatic N) is 3. The van der Waals surface area contributed by atoms with Crippen molar-refractivity contribution in [3.05, 3.63) is 21.8 Å². The lowest BCUT2D eigenvalue weighted by Crippen LogP contribution is -2.25. The van der Waals surface area contributed by atoms with Gasteiger partial charge < -0.3 is 10.1 Å². The first kappa shape index (κ1) is 13.5. The van der Waals surface area contributed by atoms with Crippen molar-refractivity contribution < 1.29 is 9.90 Å². The number of aliphatic carboxylic acids is 1. The summed E-state index contributed by atoms with van der Waals surface area (Å²) in [5.74, 6) is -0.833. The molecule has 1 aromatic heterocycles. The lowest BCUT2D eigenvalue weighted by molar-refractivity contribution is -0.133. The summed E-state index contributed by atoms with van der Waals surface area (Å²) >= 11 is 3.46. The Morgan fingerprint density at radius 2 is 2.28 bits per heavy atom. The molecule has 0 saturated heterocycles. The Labute approximate surface area is 122 Å². The molecule has 0 aliphatic rings. The summed E-state index contributed by atoms with van der Waals surface area (Å²) in [4.78, 5) is 15.1. The summed E-state index contributed by atoms with van der Waals surface area (Å²) in [7, 11) is 3.81. The maximum atomic E-state index is 10.7. The van der Waals surface area contributed by atoms with Crippen LogP contribution in [0.2, 0.25) is 0 Å². The summed E-state index contributed by atoms with van der Waals surface area (Å²) in [6.07, 6.45) is 0. The maximum absolute atomic E-state index is 10.7. The fraction of sp³-hybridized carbons (Fsp3) is 0.273. The lowest BCUT2D eigenvalue weighted by atomic mass is 10.3. The Balaban J connectivity index is 2.50. The van der Waals surface area contributed by atoms with Crippen LogP contribution in [-0.2, 0) is 4.79 Å².